The number of ether oxygens (including phenoxy) is 3. The van der Waals surface area contributed by atoms with Crippen LogP contribution in [-0.4, -0.2) is 47.7 Å². The summed E-state index contributed by atoms with van der Waals surface area (Å²) in [6, 6.07) is 3.66. The highest BCUT2D eigenvalue weighted by Gasteiger charge is 2.32. The van der Waals surface area contributed by atoms with Crippen LogP contribution in [0.25, 0.3) is 0 Å². The van der Waals surface area contributed by atoms with Gasteiger partial charge in [0.15, 0.2) is 11.5 Å². The van der Waals surface area contributed by atoms with Gasteiger partial charge < -0.3 is 24.6 Å². The monoisotopic (exact) mass is 521 g/mol. The Balaban J connectivity index is 3.18. The molecule has 1 rings (SSSR count). The van der Waals surface area contributed by atoms with Gasteiger partial charge in [0.05, 0.1) is 16.7 Å². The molecule has 0 aliphatic rings. The highest BCUT2D eigenvalue weighted by molar-refractivity contribution is 5.81. The minimum atomic E-state index is -1.09. The summed E-state index contributed by atoms with van der Waals surface area (Å²) < 4.78 is 16.5. The van der Waals surface area contributed by atoms with Crippen LogP contribution in [-0.2, 0) is 30.3 Å². The molecule has 1 unspecified atom stereocenters. The van der Waals surface area contributed by atoms with Crippen LogP contribution in [0, 0.1) is 16.7 Å². The quantitative estimate of drug-likeness (QED) is 0.268. The van der Waals surface area contributed by atoms with E-state index in [0.29, 0.717) is 18.4 Å². The van der Waals surface area contributed by atoms with Gasteiger partial charge in [-0.3, -0.25) is 19.2 Å². The van der Waals surface area contributed by atoms with Gasteiger partial charge in [0, 0.05) is 6.54 Å². The minimum absolute atomic E-state index is 0.0487. The van der Waals surface area contributed by atoms with Crippen LogP contribution in [0.1, 0.15) is 80.7 Å². The van der Waals surface area contributed by atoms with Crippen LogP contribution in [0.15, 0.2) is 18.2 Å². The normalized spacial score (nSPS) is 13.6. The molecule has 0 amide bonds. The summed E-state index contributed by atoms with van der Waals surface area (Å²) >= 11 is 0. The van der Waals surface area contributed by atoms with Gasteiger partial charge in [-0.15, -0.1) is 0 Å². The Bertz CT molecular complexity index is 967. The molecule has 0 spiro atoms. The number of esters is 3. The van der Waals surface area contributed by atoms with Gasteiger partial charge in [-0.2, -0.15) is 0 Å². The molecule has 1 aromatic rings. The third kappa shape index (κ3) is 9.80. The zero-order valence-electron chi connectivity index (χ0n) is 23.6. The van der Waals surface area contributed by atoms with Crippen molar-refractivity contribution in [2.75, 3.05) is 6.54 Å². The zero-order chi connectivity index (χ0) is 28.6. The lowest BCUT2D eigenvalue weighted by atomic mass is 9.90. The Labute approximate surface area is 220 Å². The van der Waals surface area contributed by atoms with E-state index in [4.69, 9.17) is 14.2 Å². The molecule has 0 saturated heterocycles. The Morgan fingerprint density at radius 2 is 1.41 bits per heavy atom. The average Bonchev–Trinajstić information content (AvgIpc) is 2.82. The van der Waals surface area contributed by atoms with Gasteiger partial charge in [-0.05, 0) is 71.6 Å². The van der Waals surface area contributed by atoms with Gasteiger partial charge in [-0.25, -0.2) is 0 Å². The van der Waals surface area contributed by atoms with Crippen molar-refractivity contribution in [3.05, 3.63) is 23.8 Å². The fourth-order valence-electron chi connectivity index (χ4n) is 2.77. The maximum absolute atomic E-state index is 12.8. The molecular weight excluding hydrogens is 478 g/mol. The first-order valence-electron chi connectivity index (χ1n) is 12.8. The summed E-state index contributed by atoms with van der Waals surface area (Å²) in [5.74, 6) is -2.56. The van der Waals surface area contributed by atoms with Gasteiger partial charge >= 0.3 is 23.9 Å². The maximum Gasteiger partial charge on any atom is 0.321 e. The smallest absolute Gasteiger partial charge is 0.321 e. The van der Waals surface area contributed by atoms with E-state index >= 15 is 0 Å². The van der Waals surface area contributed by atoms with E-state index in [-0.39, 0.29) is 36.4 Å². The van der Waals surface area contributed by atoms with Crippen molar-refractivity contribution in [2.45, 2.75) is 93.7 Å². The molecule has 2 N–H and O–H groups in total. The second kappa shape index (κ2) is 13.6. The minimum Gasteiger partial charge on any atom is -0.480 e. The molecule has 0 bridgehead atoms. The number of benzene rings is 1. The summed E-state index contributed by atoms with van der Waals surface area (Å²) in [5, 5.41) is 12.6. The number of carbonyl (C=O) groups is 4. The predicted molar refractivity (Wildman–Crippen MR) is 139 cm³/mol. The number of hydrogen-bond acceptors (Lipinski definition) is 8. The number of carboxylic acid groups (broad SMARTS) is 1. The molecule has 9 nitrogen and oxygen atoms in total. The van der Waals surface area contributed by atoms with Gasteiger partial charge in [-0.1, -0.05) is 33.8 Å². The SMILES string of the molecule is CCC(C)(C)C(=O)Oc1ccc(C[C@H](NCC(C)OC(=O)C(C)C)C(=O)O)cc1OC(=O)C(C)(C)CC. The van der Waals surface area contributed by atoms with Gasteiger partial charge in [0.1, 0.15) is 12.1 Å². The van der Waals surface area contributed by atoms with E-state index < -0.39 is 40.9 Å². The maximum atomic E-state index is 12.8. The lowest BCUT2D eigenvalue weighted by Crippen LogP contribution is -2.43. The summed E-state index contributed by atoms with van der Waals surface area (Å²) in [7, 11) is 0. The van der Waals surface area contributed by atoms with Crippen LogP contribution >= 0.6 is 0 Å². The zero-order valence-corrected chi connectivity index (χ0v) is 23.6. The molecule has 37 heavy (non-hydrogen) atoms. The van der Waals surface area contributed by atoms with Crippen molar-refractivity contribution in [3.63, 3.8) is 0 Å². The molecule has 2 atom stereocenters. The van der Waals surface area contributed by atoms with E-state index in [0.717, 1.165) is 0 Å². The number of nitrogens with one attached hydrogen (secondary N) is 1. The van der Waals surface area contributed by atoms with Crippen LogP contribution < -0.4 is 14.8 Å². The first-order chi connectivity index (χ1) is 17.0. The number of carboxylic acids is 1. The molecule has 0 heterocycles. The highest BCUT2D eigenvalue weighted by Crippen LogP contribution is 2.34. The fraction of sp³-hybridized carbons (Fsp3) is 0.643. The van der Waals surface area contributed by atoms with E-state index in [1.165, 1.54) is 12.1 Å². The molecule has 0 aliphatic carbocycles. The molecule has 0 aromatic heterocycles. The Morgan fingerprint density at radius 3 is 1.86 bits per heavy atom. The number of rotatable bonds is 14. The standard InChI is InChI=1S/C28H43NO8/c1-10-27(6,7)25(33)36-21-13-12-19(15-22(21)37-26(34)28(8,9)11-2)14-20(23(30)31)29-16-18(5)35-24(32)17(3)4/h12-13,15,17-18,20,29H,10-11,14,16H2,1-9H3,(H,30,31)/t18?,20-/m0/s1. The second-order valence-corrected chi connectivity index (χ2v) is 10.9. The van der Waals surface area contributed by atoms with Crippen molar-refractivity contribution in [1.82, 2.24) is 5.32 Å². The lowest BCUT2D eigenvalue weighted by Gasteiger charge is -2.24. The van der Waals surface area contributed by atoms with E-state index in [2.05, 4.69) is 5.32 Å². The van der Waals surface area contributed by atoms with Crippen LogP contribution in [0.4, 0.5) is 0 Å². The van der Waals surface area contributed by atoms with E-state index in [1.54, 1.807) is 54.5 Å². The summed E-state index contributed by atoms with van der Waals surface area (Å²) in [6.07, 6.45) is 0.622. The second-order valence-electron chi connectivity index (χ2n) is 10.9. The van der Waals surface area contributed by atoms with Crippen LogP contribution in [0.3, 0.4) is 0 Å². The summed E-state index contributed by atoms with van der Waals surface area (Å²) in [4.78, 5) is 49.2. The lowest BCUT2D eigenvalue weighted by molar-refractivity contribution is -0.152. The molecule has 208 valence electrons. The molecule has 0 fully saturated rings. The van der Waals surface area contributed by atoms with E-state index in [9.17, 15) is 24.3 Å². The van der Waals surface area contributed by atoms with Crippen LogP contribution in [0.5, 0.6) is 11.5 Å². The first-order valence-corrected chi connectivity index (χ1v) is 12.8. The predicted octanol–water partition coefficient (Wildman–Crippen LogP) is 4.54. The topological polar surface area (TPSA) is 128 Å². The van der Waals surface area contributed by atoms with Gasteiger partial charge in [0.2, 0.25) is 0 Å². The third-order valence-corrected chi connectivity index (χ3v) is 6.46. The van der Waals surface area contributed by atoms with Crippen molar-refractivity contribution in [2.24, 2.45) is 16.7 Å². The van der Waals surface area contributed by atoms with Crippen molar-refractivity contribution in [3.8, 4) is 11.5 Å². The van der Waals surface area contributed by atoms with Gasteiger partial charge in [0.25, 0.3) is 0 Å². The summed E-state index contributed by atoms with van der Waals surface area (Å²) in [6.45, 7) is 16.0. The molecule has 1 aromatic carbocycles. The molecule has 0 saturated carbocycles. The van der Waals surface area contributed by atoms with Crippen LogP contribution in [0.2, 0.25) is 0 Å². The van der Waals surface area contributed by atoms with Crippen molar-refractivity contribution in [1.29, 1.82) is 0 Å². The Morgan fingerprint density at radius 1 is 0.892 bits per heavy atom. The average molecular weight is 522 g/mol. The summed E-state index contributed by atoms with van der Waals surface area (Å²) in [5.41, 5.74) is -0.955. The Kier molecular flexibility index (Phi) is 11.8. The molecular formula is C28H43NO8. The number of aliphatic carboxylic acids is 1. The van der Waals surface area contributed by atoms with Crippen molar-refractivity contribution < 1.29 is 38.5 Å². The number of carbonyl (C=O) groups excluding carboxylic acids is 3. The number of hydrogen-bond donors (Lipinski definition) is 2. The fourth-order valence-corrected chi connectivity index (χ4v) is 2.77. The molecule has 0 radical (unpaired) electrons. The third-order valence-electron chi connectivity index (χ3n) is 6.46. The first kappa shape index (κ1) is 32.1. The Hall–Kier alpha value is -2.94. The largest absolute Gasteiger partial charge is 0.480 e. The molecule has 9 heteroatoms. The molecule has 0 aliphatic heterocycles. The highest BCUT2D eigenvalue weighted by atomic mass is 16.6. The van der Waals surface area contributed by atoms with E-state index in [1.807, 2.05) is 13.8 Å². The van der Waals surface area contributed by atoms with Crippen molar-refractivity contribution >= 4 is 23.9 Å².